The van der Waals surface area contributed by atoms with Crippen LogP contribution in [0, 0.1) is 0 Å². The van der Waals surface area contributed by atoms with Gasteiger partial charge in [-0.1, -0.05) is 25.1 Å². The van der Waals surface area contributed by atoms with Crippen LogP contribution in [0.15, 0.2) is 53.0 Å². The van der Waals surface area contributed by atoms with Crippen molar-refractivity contribution in [3.05, 3.63) is 64.7 Å². The van der Waals surface area contributed by atoms with Gasteiger partial charge in [0.1, 0.15) is 25.6 Å². The number of hydrogen-bond acceptors (Lipinski definition) is 7. The molecule has 9 nitrogen and oxygen atoms in total. The molecule has 2 aromatic carbocycles. The second-order valence-corrected chi connectivity index (χ2v) is 9.80. The molecular formula is C27H36N5O4+. The third-order valence-corrected chi connectivity index (χ3v) is 5.52. The van der Waals surface area contributed by atoms with E-state index in [1.807, 2.05) is 40.2 Å². The summed E-state index contributed by atoms with van der Waals surface area (Å²) in [6.45, 7) is 3.64. The summed E-state index contributed by atoms with van der Waals surface area (Å²) in [5, 5.41) is 1.36. The first-order valence-electron chi connectivity index (χ1n) is 12.0. The highest BCUT2D eigenvalue weighted by Gasteiger charge is 2.23. The highest BCUT2D eigenvalue weighted by atomic mass is 16.7. The fraction of sp³-hybridized carbons (Fsp3) is 0.370. The Kier molecular flexibility index (Phi) is 8.84. The number of esters is 1. The maximum absolute atomic E-state index is 13.4. The molecule has 36 heavy (non-hydrogen) atoms. The average molecular weight is 495 g/mol. The van der Waals surface area contributed by atoms with E-state index in [0.29, 0.717) is 52.3 Å². The second kappa shape index (κ2) is 11.8. The number of fused-ring (bicyclic) bond motifs is 1. The molecule has 0 aliphatic carbocycles. The number of nitrogens with two attached hydrogens (primary N) is 2. The Morgan fingerprint density at radius 2 is 1.81 bits per heavy atom. The molecule has 0 bridgehead atoms. The summed E-state index contributed by atoms with van der Waals surface area (Å²) in [5.74, 6) is -0.421. The van der Waals surface area contributed by atoms with Gasteiger partial charge in [-0.05, 0) is 42.3 Å². The Hall–Kier alpha value is -3.69. The summed E-state index contributed by atoms with van der Waals surface area (Å²) in [6.07, 6.45) is 2.64. The highest BCUT2D eigenvalue weighted by Crippen LogP contribution is 2.29. The molecule has 3 rings (SSSR count). The van der Waals surface area contributed by atoms with E-state index in [1.54, 1.807) is 36.4 Å². The molecule has 4 N–H and O–H groups in total. The first-order valence-corrected chi connectivity index (χ1v) is 12.0. The van der Waals surface area contributed by atoms with Crippen molar-refractivity contribution in [3.63, 3.8) is 0 Å². The summed E-state index contributed by atoms with van der Waals surface area (Å²) in [5.41, 5.74) is 15.5. The van der Waals surface area contributed by atoms with E-state index in [2.05, 4.69) is 4.99 Å². The number of nitrogen functional groups attached to an aromatic ring is 1. The van der Waals surface area contributed by atoms with Crippen LogP contribution in [0.25, 0.3) is 6.08 Å². The number of amides is 1. The van der Waals surface area contributed by atoms with Crippen LogP contribution in [0.5, 0.6) is 0 Å². The van der Waals surface area contributed by atoms with Crippen molar-refractivity contribution in [3.8, 4) is 0 Å². The molecule has 1 amide bonds. The predicted molar refractivity (Wildman–Crippen MR) is 141 cm³/mol. The maximum Gasteiger partial charge on any atom is 0.338 e. The Bertz CT molecular complexity index is 1150. The number of rotatable bonds is 10. The lowest BCUT2D eigenvalue weighted by atomic mass is 10.0. The Morgan fingerprint density at radius 3 is 2.47 bits per heavy atom. The van der Waals surface area contributed by atoms with Crippen molar-refractivity contribution in [1.82, 2.24) is 5.06 Å². The largest absolute Gasteiger partial charge is 0.456 e. The molecule has 0 unspecified atom stereocenters. The van der Waals surface area contributed by atoms with Gasteiger partial charge < -0.3 is 20.7 Å². The first kappa shape index (κ1) is 26.9. The van der Waals surface area contributed by atoms with Crippen LogP contribution in [0.4, 0.5) is 11.4 Å². The predicted octanol–water partition coefficient (Wildman–Crippen LogP) is 3.28. The van der Waals surface area contributed by atoms with E-state index in [1.165, 1.54) is 5.06 Å². The van der Waals surface area contributed by atoms with Crippen LogP contribution in [0.1, 0.15) is 41.3 Å². The topological polar surface area (TPSA) is 120 Å². The summed E-state index contributed by atoms with van der Waals surface area (Å²) in [7, 11) is 6.09. The number of benzene rings is 2. The molecule has 0 radical (unpaired) electrons. The van der Waals surface area contributed by atoms with Crippen LogP contribution in [-0.4, -0.2) is 68.1 Å². The number of hydrogen-bond donors (Lipinski definition) is 2. The summed E-state index contributed by atoms with van der Waals surface area (Å²) < 4.78 is 6.10. The van der Waals surface area contributed by atoms with Crippen molar-refractivity contribution in [2.24, 2.45) is 10.7 Å². The summed E-state index contributed by atoms with van der Waals surface area (Å²) in [4.78, 5) is 36.2. The molecule has 1 heterocycles. The van der Waals surface area contributed by atoms with E-state index >= 15 is 0 Å². The van der Waals surface area contributed by atoms with Crippen LogP contribution in [0.3, 0.4) is 0 Å². The zero-order valence-corrected chi connectivity index (χ0v) is 21.5. The molecule has 1 aliphatic rings. The Labute approximate surface area is 212 Å². The fourth-order valence-electron chi connectivity index (χ4n) is 3.50. The molecule has 2 aromatic rings. The van der Waals surface area contributed by atoms with E-state index < -0.39 is 5.97 Å². The van der Waals surface area contributed by atoms with Crippen molar-refractivity contribution >= 4 is 35.2 Å². The van der Waals surface area contributed by atoms with E-state index in [9.17, 15) is 9.59 Å². The van der Waals surface area contributed by atoms with Gasteiger partial charge in [0.05, 0.1) is 32.4 Å². The van der Waals surface area contributed by atoms with Crippen molar-refractivity contribution in [2.45, 2.75) is 26.4 Å². The number of carbonyl (C=O) groups is 2. The number of ether oxygens (including phenoxy) is 1. The average Bonchev–Trinajstić information content (AvgIpc) is 2.98. The van der Waals surface area contributed by atoms with Gasteiger partial charge in [0.15, 0.2) is 0 Å². The standard InChI is InChI=1S/C27H35N5O4/c1-5-12-31(36-18-19-6-10-23(28)11-7-19)26(33)22-15-20-8-9-21(16-24(20)30-25(29)17-22)27(34)35-14-13-32(2,3)4/h6-11,15-16H,5,12-14,17-18,28H2,1-4H3,(H-,29,30,33)/p+1. The second-order valence-electron chi connectivity index (χ2n) is 9.80. The smallest absolute Gasteiger partial charge is 0.338 e. The normalized spacial score (nSPS) is 13.2. The molecule has 0 spiro atoms. The first-order chi connectivity index (χ1) is 17.1. The molecule has 0 saturated heterocycles. The Morgan fingerprint density at radius 1 is 1.08 bits per heavy atom. The van der Waals surface area contributed by atoms with Crippen LogP contribution >= 0.6 is 0 Å². The van der Waals surface area contributed by atoms with E-state index in [4.69, 9.17) is 21.0 Å². The third kappa shape index (κ3) is 7.66. The lowest BCUT2D eigenvalue weighted by Crippen LogP contribution is -2.38. The van der Waals surface area contributed by atoms with Gasteiger partial charge in [-0.3, -0.25) is 9.63 Å². The van der Waals surface area contributed by atoms with Gasteiger partial charge in [-0.2, -0.15) is 0 Å². The molecule has 1 aliphatic heterocycles. The zero-order chi connectivity index (χ0) is 26.3. The number of hydroxylamine groups is 2. The van der Waals surface area contributed by atoms with Crippen molar-refractivity contribution in [1.29, 1.82) is 0 Å². The zero-order valence-electron chi connectivity index (χ0n) is 21.5. The number of nitrogens with zero attached hydrogens (tertiary/aromatic N) is 3. The molecule has 0 aromatic heterocycles. The monoisotopic (exact) mass is 494 g/mol. The molecule has 0 atom stereocenters. The fourth-order valence-corrected chi connectivity index (χ4v) is 3.50. The van der Waals surface area contributed by atoms with Gasteiger partial charge >= 0.3 is 5.97 Å². The minimum absolute atomic E-state index is 0.169. The van der Waals surface area contributed by atoms with Crippen LogP contribution in [-0.2, 0) is 21.0 Å². The number of amidine groups is 1. The van der Waals surface area contributed by atoms with E-state index in [-0.39, 0.29) is 24.8 Å². The molecule has 0 saturated carbocycles. The lowest BCUT2D eigenvalue weighted by molar-refractivity contribution is -0.870. The third-order valence-electron chi connectivity index (χ3n) is 5.52. The lowest BCUT2D eigenvalue weighted by Gasteiger charge is -2.23. The summed E-state index contributed by atoms with van der Waals surface area (Å²) in [6, 6.07) is 12.4. The molecule has 0 fully saturated rings. The number of likely N-dealkylation sites (N-methyl/N-ethyl adjacent to an activating group) is 1. The molecule has 192 valence electrons. The van der Waals surface area contributed by atoms with Gasteiger partial charge in [-0.25, -0.2) is 14.9 Å². The number of aliphatic imine (C=N–C) groups is 1. The van der Waals surface area contributed by atoms with Crippen LogP contribution in [0.2, 0.25) is 0 Å². The number of anilines is 1. The Balaban J connectivity index is 1.76. The van der Waals surface area contributed by atoms with Gasteiger partial charge in [0, 0.05) is 29.8 Å². The minimum atomic E-state index is -0.422. The van der Waals surface area contributed by atoms with Crippen molar-refractivity contribution < 1.29 is 23.6 Å². The van der Waals surface area contributed by atoms with Gasteiger partial charge in [0.2, 0.25) is 0 Å². The number of carbonyl (C=O) groups excluding carboxylic acids is 2. The quantitative estimate of drug-likeness (QED) is 0.226. The highest BCUT2D eigenvalue weighted by molar-refractivity contribution is 6.05. The van der Waals surface area contributed by atoms with Crippen molar-refractivity contribution in [2.75, 3.05) is 46.6 Å². The SMILES string of the molecule is CCCN(OCc1ccc(N)cc1)C(=O)C1=Cc2ccc(C(=O)OCC[N+](C)(C)C)cc2N=C(N)C1. The van der Waals surface area contributed by atoms with Gasteiger partial charge in [-0.15, -0.1) is 0 Å². The van der Waals surface area contributed by atoms with Gasteiger partial charge in [0.25, 0.3) is 5.91 Å². The minimum Gasteiger partial charge on any atom is -0.456 e. The maximum atomic E-state index is 13.4. The molecular weight excluding hydrogens is 458 g/mol. The van der Waals surface area contributed by atoms with Crippen LogP contribution < -0.4 is 11.5 Å². The van der Waals surface area contributed by atoms with E-state index in [0.717, 1.165) is 12.0 Å². The summed E-state index contributed by atoms with van der Waals surface area (Å²) >= 11 is 0. The molecule has 9 heteroatoms. The number of quaternary nitrogens is 1.